The minimum Gasteiger partial charge on any atom is -0.485 e. The molecule has 0 aliphatic carbocycles. The van der Waals surface area contributed by atoms with Gasteiger partial charge >= 0.3 is 0 Å². The van der Waals surface area contributed by atoms with Crippen molar-refractivity contribution in [3.8, 4) is 17.6 Å². The first-order valence-corrected chi connectivity index (χ1v) is 13.5. The number of hydrogen-bond acceptors (Lipinski definition) is 9. The van der Waals surface area contributed by atoms with Crippen molar-refractivity contribution >= 4 is 40.9 Å². The summed E-state index contributed by atoms with van der Waals surface area (Å²) in [4.78, 5) is 28.2. The zero-order valence-electron chi connectivity index (χ0n) is 21.1. The number of ether oxygens (including phenoxy) is 1. The van der Waals surface area contributed by atoms with E-state index in [0.717, 1.165) is 64.2 Å². The number of carbonyl (C=O) groups is 1. The summed E-state index contributed by atoms with van der Waals surface area (Å²) in [5.41, 5.74) is 14.6. The first-order valence-electron chi connectivity index (χ1n) is 12.3. The Balaban J connectivity index is 1.26. The predicted molar refractivity (Wildman–Crippen MR) is 148 cm³/mol. The van der Waals surface area contributed by atoms with E-state index in [2.05, 4.69) is 27.0 Å². The summed E-state index contributed by atoms with van der Waals surface area (Å²) in [7, 11) is 0. The van der Waals surface area contributed by atoms with Gasteiger partial charge in [0.25, 0.3) is 5.91 Å². The topological polar surface area (TPSA) is 132 Å². The van der Waals surface area contributed by atoms with Gasteiger partial charge in [-0.1, -0.05) is 29.3 Å². The zero-order chi connectivity index (χ0) is 26.9. The van der Waals surface area contributed by atoms with Crippen molar-refractivity contribution in [3.63, 3.8) is 0 Å². The third-order valence-electron chi connectivity index (χ3n) is 6.79. The average Bonchev–Trinajstić information content (AvgIpc) is 3.17. The lowest BCUT2D eigenvalue weighted by molar-refractivity contribution is -0.115. The largest absolute Gasteiger partial charge is 0.485 e. The van der Waals surface area contributed by atoms with E-state index in [-0.39, 0.29) is 11.9 Å². The summed E-state index contributed by atoms with van der Waals surface area (Å²) in [6.07, 6.45) is 4.86. The fourth-order valence-electron chi connectivity index (χ4n) is 4.82. The summed E-state index contributed by atoms with van der Waals surface area (Å²) in [5, 5.41) is 3.82. The Bertz CT molecular complexity index is 1450. The normalized spacial score (nSPS) is 17.4. The number of halogens is 1. The number of benzene rings is 1. The first kappa shape index (κ1) is 26.1. The van der Waals surface area contributed by atoms with Crippen molar-refractivity contribution in [2.24, 2.45) is 5.73 Å². The van der Waals surface area contributed by atoms with Crippen LogP contribution < -0.4 is 26.4 Å². The van der Waals surface area contributed by atoms with E-state index in [1.807, 2.05) is 32.0 Å². The van der Waals surface area contributed by atoms with Gasteiger partial charge in [0, 0.05) is 60.6 Å². The van der Waals surface area contributed by atoms with Crippen molar-refractivity contribution in [1.29, 1.82) is 0 Å². The minimum atomic E-state index is -0.486. The van der Waals surface area contributed by atoms with Crippen LogP contribution in [0.4, 0.5) is 11.6 Å². The number of pyridine rings is 1. The third-order valence-corrected chi connectivity index (χ3v) is 8.26. The van der Waals surface area contributed by atoms with Crippen molar-refractivity contribution < 1.29 is 9.53 Å². The Morgan fingerprint density at radius 1 is 1.32 bits per heavy atom. The molecule has 2 aromatic heterocycles. The Labute approximate surface area is 230 Å². The van der Waals surface area contributed by atoms with Crippen LogP contribution in [-0.2, 0) is 4.79 Å². The van der Waals surface area contributed by atoms with Gasteiger partial charge < -0.3 is 26.4 Å². The van der Waals surface area contributed by atoms with Crippen molar-refractivity contribution in [2.75, 3.05) is 30.3 Å². The van der Waals surface area contributed by atoms with E-state index in [0.29, 0.717) is 17.4 Å². The van der Waals surface area contributed by atoms with Gasteiger partial charge in [-0.3, -0.25) is 4.79 Å². The maximum absolute atomic E-state index is 11.7. The highest BCUT2D eigenvalue weighted by molar-refractivity contribution is 7.99. The first-order chi connectivity index (χ1) is 18.3. The standard InChI is InChI=1S/C27H28ClN7O2S/c1-3-31-21(36)7-5-17-4-6-19-18(14-17)24(29)27(37-19)9-12-35(13-10-27)26-16(2)34-22(15-33-26)38-20-8-11-32-25(30)23(20)28/h4,6,8,11,14-15,24H,3,9-10,12-13,29H2,1-2H3,(H2,30,32)(H,31,36)/t24-/m1/s1. The van der Waals surface area contributed by atoms with Gasteiger partial charge in [-0.15, -0.1) is 0 Å². The van der Waals surface area contributed by atoms with Crippen LogP contribution in [0.2, 0.25) is 5.02 Å². The number of nitrogens with two attached hydrogens (primary N) is 2. The molecule has 0 unspecified atom stereocenters. The molecule has 1 fully saturated rings. The number of hydrogen-bond donors (Lipinski definition) is 3. The molecule has 2 aliphatic rings. The molecular weight excluding hydrogens is 522 g/mol. The molecule has 1 saturated heterocycles. The molecule has 2 aliphatic heterocycles. The van der Waals surface area contributed by atoms with Gasteiger partial charge in [0.2, 0.25) is 0 Å². The SMILES string of the molecule is CCNC(=O)C#Cc1ccc2c(c1)[C@@H](N)C1(CCN(c3ncc(Sc4ccnc(N)c4Cl)nc3C)CC1)O2. The maximum atomic E-state index is 11.7. The summed E-state index contributed by atoms with van der Waals surface area (Å²) in [5.74, 6) is 7.14. The number of nitrogens with one attached hydrogen (secondary N) is 1. The molecule has 11 heteroatoms. The molecular formula is C27H28ClN7O2S. The molecule has 0 bridgehead atoms. The minimum absolute atomic E-state index is 0.283. The average molecular weight is 550 g/mol. The Kier molecular flexibility index (Phi) is 7.34. The van der Waals surface area contributed by atoms with E-state index in [4.69, 9.17) is 37.8 Å². The van der Waals surface area contributed by atoms with E-state index >= 15 is 0 Å². The van der Waals surface area contributed by atoms with Gasteiger partial charge in [-0.05, 0) is 38.1 Å². The van der Waals surface area contributed by atoms with Crippen LogP contribution in [0, 0.1) is 18.8 Å². The van der Waals surface area contributed by atoms with Crippen LogP contribution >= 0.6 is 23.4 Å². The number of piperidine rings is 1. The van der Waals surface area contributed by atoms with Crippen molar-refractivity contribution in [2.45, 2.75) is 48.3 Å². The fraction of sp³-hybridized carbons (Fsp3) is 0.333. The van der Waals surface area contributed by atoms with Gasteiger partial charge in [0.15, 0.2) is 0 Å². The summed E-state index contributed by atoms with van der Waals surface area (Å²) in [6, 6.07) is 7.21. The van der Waals surface area contributed by atoms with Crippen molar-refractivity contribution in [3.05, 3.63) is 58.5 Å². The number of nitrogen functional groups attached to an aromatic ring is 1. The number of amides is 1. The highest BCUT2D eigenvalue weighted by Gasteiger charge is 2.48. The number of anilines is 2. The molecule has 3 aromatic rings. The van der Waals surface area contributed by atoms with Crippen LogP contribution in [0.25, 0.3) is 0 Å². The molecule has 0 radical (unpaired) electrons. The summed E-state index contributed by atoms with van der Waals surface area (Å²) >= 11 is 7.68. The maximum Gasteiger partial charge on any atom is 0.296 e. The molecule has 1 atom stereocenters. The summed E-state index contributed by atoms with van der Waals surface area (Å²) < 4.78 is 6.44. The van der Waals surface area contributed by atoms with Crippen LogP contribution in [0.15, 0.2) is 46.6 Å². The zero-order valence-corrected chi connectivity index (χ0v) is 22.7. The molecule has 4 heterocycles. The lowest BCUT2D eigenvalue weighted by atomic mass is 9.83. The highest BCUT2D eigenvalue weighted by atomic mass is 35.5. The highest BCUT2D eigenvalue weighted by Crippen LogP contribution is 2.47. The Hall–Kier alpha value is -3.52. The number of aromatic nitrogens is 3. The molecule has 1 aromatic carbocycles. The molecule has 1 spiro atoms. The molecule has 38 heavy (non-hydrogen) atoms. The number of aryl methyl sites for hydroxylation is 1. The number of nitrogens with zero attached hydrogens (tertiary/aromatic N) is 4. The molecule has 196 valence electrons. The van der Waals surface area contributed by atoms with E-state index in [9.17, 15) is 4.79 Å². The fourth-order valence-corrected chi connectivity index (χ4v) is 5.88. The number of fused-ring (bicyclic) bond motifs is 1. The van der Waals surface area contributed by atoms with E-state index in [1.165, 1.54) is 11.8 Å². The van der Waals surface area contributed by atoms with Crippen molar-refractivity contribution in [1.82, 2.24) is 20.3 Å². The molecule has 5 N–H and O–H groups in total. The van der Waals surface area contributed by atoms with E-state index < -0.39 is 5.60 Å². The number of rotatable bonds is 4. The summed E-state index contributed by atoms with van der Waals surface area (Å²) in [6.45, 7) is 5.83. The molecule has 9 nitrogen and oxygen atoms in total. The van der Waals surface area contributed by atoms with Gasteiger partial charge in [-0.25, -0.2) is 15.0 Å². The Morgan fingerprint density at radius 2 is 2.11 bits per heavy atom. The van der Waals surface area contributed by atoms with Crippen LogP contribution in [-0.4, -0.2) is 46.1 Å². The number of carbonyl (C=O) groups excluding carboxylic acids is 1. The van der Waals surface area contributed by atoms with Gasteiger partial charge in [-0.2, -0.15) is 0 Å². The molecule has 1 amide bonds. The van der Waals surface area contributed by atoms with Crippen LogP contribution in [0.3, 0.4) is 0 Å². The van der Waals surface area contributed by atoms with Crippen LogP contribution in [0.1, 0.15) is 42.6 Å². The molecule has 0 saturated carbocycles. The third kappa shape index (κ3) is 5.10. The quantitative estimate of drug-likeness (QED) is 0.418. The second-order valence-corrected chi connectivity index (χ2v) is 10.7. The lowest BCUT2D eigenvalue weighted by Gasteiger charge is -2.41. The predicted octanol–water partition coefficient (Wildman–Crippen LogP) is 3.49. The monoisotopic (exact) mass is 549 g/mol. The lowest BCUT2D eigenvalue weighted by Crippen LogP contribution is -2.51. The molecule has 5 rings (SSSR count). The van der Waals surface area contributed by atoms with E-state index in [1.54, 1.807) is 18.5 Å². The second-order valence-electron chi connectivity index (χ2n) is 9.22. The smallest absolute Gasteiger partial charge is 0.296 e. The van der Waals surface area contributed by atoms with Gasteiger partial charge in [0.1, 0.15) is 28.0 Å². The van der Waals surface area contributed by atoms with Crippen LogP contribution in [0.5, 0.6) is 5.75 Å². The Morgan fingerprint density at radius 3 is 2.84 bits per heavy atom. The van der Waals surface area contributed by atoms with Gasteiger partial charge in [0.05, 0.1) is 23.0 Å². The second kappa shape index (κ2) is 10.7.